The van der Waals surface area contributed by atoms with Crippen LogP contribution in [0.5, 0.6) is 5.75 Å². The topological polar surface area (TPSA) is 67.6 Å². The van der Waals surface area contributed by atoms with Crippen molar-refractivity contribution in [2.75, 3.05) is 26.2 Å². The first kappa shape index (κ1) is 14.8. The molecule has 1 heterocycles. The van der Waals surface area contributed by atoms with Crippen LogP contribution in [0.4, 0.5) is 0 Å². The summed E-state index contributed by atoms with van der Waals surface area (Å²) in [6, 6.07) is 7.78. The number of piperazine rings is 1. The van der Waals surface area contributed by atoms with Gasteiger partial charge in [0.2, 0.25) is 5.91 Å². The molecule has 110 valence electrons. The molecule has 1 amide bonds. The van der Waals surface area contributed by atoms with E-state index in [9.17, 15) is 4.79 Å². The van der Waals surface area contributed by atoms with Crippen LogP contribution in [0.2, 0.25) is 0 Å². The van der Waals surface area contributed by atoms with Gasteiger partial charge < -0.3 is 15.8 Å². The number of nitrogens with one attached hydrogen (secondary N) is 1. The van der Waals surface area contributed by atoms with E-state index >= 15 is 0 Å². The Morgan fingerprint density at radius 1 is 1.35 bits per heavy atom. The third kappa shape index (κ3) is 4.21. The molecule has 1 atom stereocenters. The van der Waals surface area contributed by atoms with Gasteiger partial charge in [-0.15, -0.1) is 0 Å². The number of hydrogen-bond acceptors (Lipinski definition) is 4. The van der Waals surface area contributed by atoms with Crippen molar-refractivity contribution in [2.24, 2.45) is 5.73 Å². The fraction of sp³-hybridized carbons (Fsp3) is 0.533. The molecule has 5 nitrogen and oxygen atoms in total. The van der Waals surface area contributed by atoms with Gasteiger partial charge in [0, 0.05) is 25.7 Å². The Balaban J connectivity index is 1.91. The number of amides is 1. The molecular formula is C15H23N3O2. The quantitative estimate of drug-likeness (QED) is 0.839. The molecule has 5 heteroatoms. The van der Waals surface area contributed by atoms with Crippen molar-refractivity contribution >= 4 is 5.91 Å². The van der Waals surface area contributed by atoms with E-state index in [2.05, 4.69) is 10.2 Å². The Morgan fingerprint density at radius 2 is 2.05 bits per heavy atom. The maximum atomic E-state index is 11.3. The van der Waals surface area contributed by atoms with Crippen LogP contribution in [0, 0.1) is 0 Å². The number of nitrogens with zero attached hydrogens (tertiary/aromatic N) is 1. The van der Waals surface area contributed by atoms with Crippen molar-refractivity contribution in [2.45, 2.75) is 26.0 Å². The Labute approximate surface area is 120 Å². The lowest BCUT2D eigenvalue weighted by atomic mass is 10.1. The van der Waals surface area contributed by atoms with Crippen LogP contribution in [0.25, 0.3) is 0 Å². The van der Waals surface area contributed by atoms with Gasteiger partial charge in [0.25, 0.3) is 0 Å². The summed E-state index contributed by atoms with van der Waals surface area (Å²) in [6.45, 7) is 6.68. The minimum atomic E-state index is -0.0889. The zero-order chi connectivity index (χ0) is 14.5. The first-order valence-electron chi connectivity index (χ1n) is 7.06. The third-order valence-electron chi connectivity index (χ3n) is 3.25. The zero-order valence-corrected chi connectivity index (χ0v) is 12.1. The molecule has 20 heavy (non-hydrogen) atoms. The van der Waals surface area contributed by atoms with Crippen molar-refractivity contribution in [1.82, 2.24) is 10.2 Å². The standard InChI is InChI=1S/C15H23N3O2/c1-11(2)20-13-5-3-12(4-6-13)14(16)9-18-8-7-17-15(19)10-18/h3-6,11,14H,7-10,16H2,1-2H3,(H,17,19). The SMILES string of the molecule is CC(C)Oc1ccc(C(N)CN2CCNC(=O)C2)cc1. The summed E-state index contributed by atoms with van der Waals surface area (Å²) >= 11 is 0. The van der Waals surface area contributed by atoms with Crippen molar-refractivity contribution in [3.8, 4) is 5.75 Å². The number of nitrogens with two attached hydrogens (primary N) is 1. The fourth-order valence-corrected chi connectivity index (χ4v) is 2.30. The maximum Gasteiger partial charge on any atom is 0.234 e. The molecule has 0 bridgehead atoms. The summed E-state index contributed by atoms with van der Waals surface area (Å²) in [7, 11) is 0. The summed E-state index contributed by atoms with van der Waals surface area (Å²) in [5.41, 5.74) is 7.27. The van der Waals surface area contributed by atoms with Crippen LogP contribution < -0.4 is 15.8 Å². The summed E-state index contributed by atoms with van der Waals surface area (Å²) < 4.78 is 5.61. The van der Waals surface area contributed by atoms with Gasteiger partial charge in [-0.2, -0.15) is 0 Å². The van der Waals surface area contributed by atoms with E-state index in [1.165, 1.54) is 0 Å². The number of ether oxygens (including phenoxy) is 1. The van der Waals surface area contributed by atoms with E-state index in [0.29, 0.717) is 19.6 Å². The minimum Gasteiger partial charge on any atom is -0.491 e. The van der Waals surface area contributed by atoms with Gasteiger partial charge in [-0.05, 0) is 31.5 Å². The van der Waals surface area contributed by atoms with Gasteiger partial charge in [0.15, 0.2) is 0 Å². The second-order valence-electron chi connectivity index (χ2n) is 5.43. The smallest absolute Gasteiger partial charge is 0.234 e. The molecule has 1 aromatic rings. The highest BCUT2D eigenvalue weighted by Gasteiger charge is 2.18. The number of hydrogen-bond donors (Lipinski definition) is 2. The van der Waals surface area contributed by atoms with Crippen molar-refractivity contribution in [1.29, 1.82) is 0 Å². The molecule has 0 aromatic heterocycles. The lowest BCUT2D eigenvalue weighted by molar-refractivity contribution is -0.124. The van der Waals surface area contributed by atoms with E-state index in [4.69, 9.17) is 10.5 Å². The molecule has 0 radical (unpaired) electrons. The number of rotatable bonds is 5. The van der Waals surface area contributed by atoms with E-state index in [1.807, 2.05) is 38.1 Å². The largest absolute Gasteiger partial charge is 0.491 e. The summed E-state index contributed by atoms with van der Waals surface area (Å²) in [6.07, 6.45) is 0.168. The van der Waals surface area contributed by atoms with Crippen LogP contribution in [0.1, 0.15) is 25.5 Å². The van der Waals surface area contributed by atoms with Crippen LogP contribution >= 0.6 is 0 Å². The zero-order valence-electron chi connectivity index (χ0n) is 12.1. The highest BCUT2D eigenvalue weighted by molar-refractivity contribution is 5.78. The number of carbonyl (C=O) groups excluding carboxylic acids is 1. The molecule has 1 aliphatic rings. The molecule has 0 saturated carbocycles. The Morgan fingerprint density at radius 3 is 2.65 bits per heavy atom. The Bertz CT molecular complexity index is 445. The van der Waals surface area contributed by atoms with Crippen LogP contribution in [-0.2, 0) is 4.79 Å². The van der Waals surface area contributed by atoms with Gasteiger partial charge in [-0.25, -0.2) is 0 Å². The first-order chi connectivity index (χ1) is 9.54. The molecule has 1 unspecified atom stereocenters. The van der Waals surface area contributed by atoms with Gasteiger partial charge >= 0.3 is 0 Å². The van der Waals surface area contributed by atoms with E-state index < -0.39 is 0 Å². The van der Waals surface area contributed by atoms with Gasteiger partial charge in [-0.1, -0.05) is 12.1 Å². The summed E-state index contributed by atoms with van der Waals surface area (Å²) in [5, 5.41) is 2.81. The van der Waals surface area contributed by atoms with Crippen LogP contribution in [0.3, 0.4) is 0 Å². The Kier molecular flexibility index (Phi) is 4.98. The van der Waals surface area contributed by atoms with Crippen molar-refractivity contribution < 1.29 is 9.53 Å². The van der Waals surface area contributed by atoms with E-state index in [0.717, 1.165) is 17.9 Å². The molecule has 1 aromatic carbocycles. The van der Waals surface area contributed by atoms with Gasteiger partial charge in [-0.3, -0.25) is 9.69 Å². The highest BCUT2D eigenvalue weighted by Crippen LogP contribution is 2.18. The molecular weight excluding hydrogens is 254 g/mol. The molecule has 0 aliphatic carbocycles. The van der Waals surface area contributed by atoms with Crippen LogP contribution in [-0.4, -0.2) is 43.1 Å². The lowest BCUT2D eigenvalue weighted by Gasteiger charge is -2.29. The molecule has 2 rings (SSSR count). The summed E-state index contributed by atoms with van der Waals surface area (Å²) in [5.74, 6) is 0.928. The normalized spacial score (nSPS) is 17.9. The van der Waals surface area contributed by atoms with E-state index in [-0.39, 0.29) is 18.1 Å². The van der Waals surface area contributed by atoms with Gasteiger partial charge in [0.1, 0.15) is 5.75 Å². The molecule has 1 saturated heterocycles. The average Bonchev–Trinajstić information content (AvgIpc) is 2.38. The molecule has 3 N–H and O–H groups in total. The minimum absolute atomic E-state index is 0.0733. The summed E-state index contributed by atoms with van der Waals surface area (Å²) in [4.78, 5) is 13.4. The Hall–Kier alpha value is -1.59. The highest BCUT2D eigenvalue weighted by atomic mass is 16.5. The predicted octanol–water partition coefficient (Wildman–Crippen LogP) is 0.905. The van der Waals surface area contributed by atoms with Crippen molar-refractivity contribution in [3.63, 3.8) is 0 Å². The second-order valence-corrected chi connectivity index (χ2v) is 5.43. The third-order valence-corrected chi connectivity index (χ3v) is 3.25. The van der Waals surface area contributed by atoms with Crippen LogP contribution in [0.15, 0.2) is 24.3 Å². The first-order valence-corrected chi connectivity index (χ1v) is 7.06. The lowest BCUT2D eigenvalue weighted by Crippen LogP contribution is -2.49. The molecule has 1 fully saturated rings. The monoisotopic (exact) mass is 277 g/mol. The van der Waals surface area contributed by atoms with Gasteiger partial charge in [0.05, 0.1) is 12.6 Å². The maximum absolute atomic E-state index is 11.3. The molecule has 1 aliphatic heterocycles. The number of carbonyl (C=O) groups is 1. The number of benzene rings is 1. The predicted molar refractivity (Wildman–Crippen MR) is 78.6 cm³/mol. The fourth-order valence-electron chi connectivity index (χ4n) is 2.30. The molecule has 0 spiro atoms. The second kappa shape index (κ2) is 6.72. The van der Waals surface area contributed by atoms with E-state index in [1.54, 1.807) is 0 Å². The average molecular weight is 277 g/mol. The van der Waals surface area contributed by atoms with Crippen molar-refractivity contribution in [3.05, 3.63) is 29.8 Å².